The number of nitrogens with two attached hydrogens (primary N) is 1. The van der Waals surface area contributed by atoms with Crippen molar-refractivity contribution in [1.82, 2.24) is 9.97 Å². The number of carboxylic acid groups (broad SMARTS) is 1. The Hall–Kier alpha value is -2.47. The van der Waals surface area contributed by atoms with Crippen LogP contribution in [0.4, 0.5) is 0 Å². The van der Waals surface area contributed by atoms with Gasteiger partial charge in [0.15, 0.2) is 0 Å². The number of carboxylic acids is 1. The van der Waals surface area contributed by atoms with Crippen molar-refractivity contribution >= 4 is 5.97 Å². The molecule has 0 radical (unpaired) electrons. The zero-order valence-corrected chi connectivity index (χ0v) is 10.2. The summed E-state index contributed by atoms with van der Waals surface area (Å²) in [4.78, 5) is 17.8. The summed E-state index contributed by atoms with van der Waals surface area (Å²) in [5.41, 5.74) is 6.12. The molecular formula is C13H15N3O3. The summed E-state index contributed by atoms with van der Waals surface area (Å²) in [7, 11) is 0. The van der Waals surface area contributed by atoms with E-state index in [9.17, 15) is 4.79 Å². The number of phenolic OH excluding ortho intramolecular Hbond substituents is 1. The zero-order chi connectivity index (χ0) is 14.1. The highest BCUT2D eigenvalue weighted by atomic mass is 16.4. The third-order valence-electron chi connectivity index (χ3n) is 2.19. The number of phenols is 1. The molecule has 1 heterocycles. The van der Waals surface area contributed by atoms with Gasteiger partial charge in [-0.2, -0.15) is 0 Å². The van der Waals surface area contributed by atoms with Crippen molar-refractivity contribution in [3.63, 3.8) is 0 Å². The van der Waals surface area contributed by atoms with E-state index < -0.39 is 12.0 Å². The van der Waals surface area contributed by atoms with Crippen molar-refractivity contribution in [2.75, 3.05) is 0 Å². The maximum atomic E-state index is 10.4. The van der Waals surface area contributed by atoms with E-state index in [0.29, 0.717) is 0 Å². The standard InChI is InChI=1S/C9H11NO3.C4H4N2/c10-8(9(12)13)5-6-1-3-7(11)4-2-6;1-2-6-4-3-5-1/h1-4,8,11H,5,10H2,(H,12,13);1-4H/t8-;/m0./s1. The lowest BCUT2D eigenvalue weighted by Crippen LogP contribution is -2.32. The second-order valence-corrected chi connectivity index (χ2v) is 3.71. The summed E-state index contributed by atoms with van der Waals surface area (Å²) in [5, 5.41) is 17.5. The molecule has 0 amide bonds. The molecule has 0 fully saturated rings. The lowest BCUT2D eigenvalue weighted by molar-refractivity contribution is -0.138. The molecule has 0 bridgehead atoms. The van der Waals surface area contributed by atoms with Gasteiger partial charge in [-0.15, -0.1) is 0 Å². The molecule has 6 nitrogen and oxygen atoms in total. The molecule has 0 spiro atoms. The van der Waals surface area contributed by atoms with E-state index in [2.05, 4.69) is 9.97 Å². The highest BCUT2D eigenvalue weighted by molar-refractivity contribution is 5.73. The Morgan fingerprint density at radius 1 is 1.11 bits per heavy atom. The monoisotopic (exact) mass is 261 g/mol. The number of benzene rings is 1. The topological polar surface area (TPSA) is 109 Å². The van der Waals surface area contributed by atoms with E-state index in [0.717, 1.165) is 5.56 Å². The molecule has 0 unspecified atom stereocenters. The van der Waals surface area contributed by atoms with Crippen molar-refractivity contribution in [2.45, 2.75) is 12.5 Å². The molecule has 6 heteroatoms. The molecule has 0 saturated heterocycles. The quantitative estimate of drug-likeness (QED) is 0.754. The predicted molar refractivity (Wildman–Crippen MR) is 69.5 cm³/mol. The van der Waals surface area contributed by atoms with Crippen molar-refractivity contribution in [2.24, 2.45) is 5.73 Å². The zero-order valence-electron chi connectivity index (χ0n) is 10.2. The Kier molecular flexibility index (Phi) is 5.97. The van der Waals surface area contributed by atoms with Gasteiger partial charge in [0.2, 0.25) is 0 Å². The van der Waals surface area contributed by atoms with Gasteiger partial charge in [0, 0.05) is 24.8 Å². The first kappa shape index (κ1) is 14.6. The first-order chi connectivity index (χ1) is 9.09. The third-order valence-corrected chi connectivity index (χ3v) is 2.19. The van der Waals surface area contributed by atoms with E-state index in [4.69, 9.17) is 15.9 Å². The third kappa shape index (κ3) is 6.13. The number of hydrogen-bond donors (Lipinski definition) is 3. The summed E-state index contributed by atoms with van der Waals surface area (Å²) in [5.74, 6) is -0.860. The van der Waals surface area contributed by atoms with Gasteiger partial charge in [-0.3, -0.25) is 14.8 Å². The average Bonchev–Trinajstić information content (AvgIpc) is 2.44. The van der Waals surface area contributed by atoms with Crippen LogP contribution in [0.5, 0.6) is 5.75 Å². The SMILES string of the molecule is N[C@@H](Cc1ccc(O)cc1)C(=O)O.c1cnccn1. The van der Waals surface area contributed by atoms with Crippen LogP contribution < -0.4 is 5.73 Å². The van der Waals surface area contributed by atoms with E-state index >= 15 is 0 Å². The predicted octanol–water partition coefficient (Wildman–Crippen LogP) is 0.823. The second-order valence-electron chi connectivity index (χ2n) is 3.71. The van der Waals surface area contributed by atoms with Gasteiger partial charge < -0.3 is 15.9 Å². The van der Waals surface area contributed by atoms with Gasteiger partial charge in [-0.25, -0.2) is 0 Å². The van der Waals surface area contributed by atoms with Crippen LogP contribution >= 0.6 is 0 Å². The number of carbonyl (C=O) groups is 1. The number of aliphatic carboxylic acids is 1. The van der Waals surface area contributed by atoms with Gasteiger partial charge >= 0.3 is 5.97 Å². The van der Waals surface area contributed by atoms with E-state index in [1.54, 1.807) is 36.9 Å². The first-order valence-corrected chi connectivity index (χ1v) is 5.56. The normalized spacial score (nSPS) is 11.0. The molecule has 1 aromatic heterocycles. The molecule has 0 aliphatic rings. The van der Waals surface area contributed by atoms with Crippen LogP contribution in [-0.4, -0.2) is 32.2 Å². The van der Waals surface area contributed by atoms with Crippen molar-refractivity contribution in [3.8, 4) is 5.75 Å². The molecule has 2 aromatic rings. The number of hydrogen-bond acceptors (Lipinski definition) is 5. The smallest absolute Gasteiger partial charge is 0.320 e. The van der Waals surface area contributed by atoms with Crippen LogP contribution in [-0.2, 0) is 11.2 Å². The lowest BCUT2D eigenvalue weighted by Gasteiger charge is -2.05. The fraction of sp³-hybridized carbons (Fsp3) is 0.154. The van der Waals surface area contributed by atoms with Crippen molar-refractivity contribution < 1.29 is 15.0 Å². The molecule has 0 aliphatic carbocycles. The summed E-state index contributed by atoms with van der Waals surface area (Å²) in [6.45, 7) is 0. The largest absolute Gasteiger partial charge is 0.508 e. The minimum absolute atomic E-state index is 0.160. The number of nitrogens with zero attached hydrogens (tertiary/aromatic N) is 2. The maximum absolute atomic E-state index is 10.4. The Bertz CT molecular complexity index is 462. The summed E-state index contributed by atoms with van der Waals surface area (Å²) < 4.78 is 0. The van der Waals surface area contributed by atoms with Gasteiger partial charge in [0.05, 0.1) is 0 Å². The molecule has 0 aliphatic heterocycles. The first-order valence-electron chi connectivity index (χ1n) is 5.56. The van der Waals surface area contributed by atoms with Crippen LogP contribution in [0, 0.1) is 0 Å². The second kappa shape index (κ2) is 7.78. The average molecular weight is 261 g/mol. The Morgan fingerprint density at radius 3 is 1.95 bits per heavy atom. The van der Waals surface area contributed by atoms with Gasteiger partial charge in [-0.05, 0) is 24.1 Å². The summed E-state index contributed by atoms with van der Waals surface area (Å²) >= 11 is 0. The van der Waals surface area contributed by atoms with Gasteiger partial charge in [0.25, 0.3) is 0 Å². The van der Waals surface area contributed by atoms with Crippen LogP contribution in [0.15, 0.2) is 49.1 Å². The van der Waals surface area contributed by atoms with E-state index in [-0.39, 0.29) is 12.2 Å². The maximum Gasteiger partial charge on any atom is 0.320 e. The van der Waals surface area contributed by atoms with Gasteiger partial charge in [0.1, 0.15) is 11.8 Å². The van der Waals surface area contributed by atoms with Gasteiger partial charge in [-0.1, -0.05) is 12.1 Å². The minimum Gasteiger partial charge on any atom is -0.508 e. The minimum atomic E-state index is -1.02. The fourth-order valence-electron chi connectivity index (χ4n) is 1.23. The molecular weight excluding hydrogens is 246 g/mol. The van der Waals surface area contributed by atoms with E-state index in [1.165, 1.54) is 12.1 Å². The molecule has 1 aromatic carbocycles. The summed E-state index contributed by atoms with van der Waals surface area (Å²) in [6.07, 6.45) is 6.83. The highest BCUT2D eigenvalue weighted by Gasteiger charge is 2.11. The molecule has 2 rings (SSSR count). The molecule has 0 saturated carbocycles. The Morgan fingerprint density at radius 2 is 1.58 bits per heavy atom. The lowest BCUT2D eigenvalue weighted by atomic mass is 10.1. The highest BCUT2D eigenvalue weighted by Crippen LogP contribution is 2.10. The van der Waals surface area contributed by atoms with Crippen molar-refractivity contribution in [1.29, 1.82) is 0 Å². The van der Waals surface area contributed by atoms with Crippen LogP contribution in [0.1, 0.15) is 5.56 Å². The molecule has 19 heavy (non-hydrogen) atoms. The number of aromatic hydroxyl groups is 1. The molecule has 1 atom stereocenters. The molecule has 100 valence electrons. The van der Waals surface area contributed by atoms with Crippen LogP contribution in [0.3, 0.4) is 0 Å². The number of aromatic nitrogens is 2. The fourth-order valence-corrected chi connectivity index (χ4v) is 1.23. The van der Waals surface area contributed by atoms with Crippen molar-refractivity contribution in [3.05, 3.63) is 54.6 Å². The molecule has 4 N–H and O–H groups in total. The Labute approximate surface area is 110 Å². The number of rotatable bonds is 3. The van der Waals surface area contributed by atoms with Crippen LogP contribution in [0.25, 0.3) is 0 Å². The Balaban J connectivity index is 0.000000250. The van der Waals surface area contributed by atoms with E-state index in [1.807, 2.05) is 0 Å². The summed E-state index contributed by atoms with van der Waals surface area (Å²) in [6, 6.07) is 5.42. The van der Waals surface area contributed by atoms with Crippen LogP contribution in [0.2, 0.25) is 0 Å².